The quantitative estimate of drug-likeness (QED) is 0.757. The van der Waals surface area contributed by atoms with Crippen molar-refractivity contribution in [3.05, 3.63) is 24.0 Å². The van der Waals surface area contributed by atoms with Gasteiger partial charge in [-0.1, -0.05) is 0 Å². The average Bonchev–Trinajstić information content (AvgIpc) is 2.21. The SMILES string of the molecule is CCN(CCOC)c1ccc(N)cc1F. The molecule has 0 unspecified atom stereocenters. The van der Waals surface area contributed by atoms with Gasteiger partial charge in [-0.3, -0.25) is 0 Å². The lowest BCUT2D eigenvalue weighted by Crippen LogP contribution is -2.27. The van der Waals surface area contributed by atoms with E-state index in [0.717, 1.165) is 6.54 Å². The lowest BCUT2D eigenvalue weighted by atomic mass is 10.2. The van der Waals surface area contributed by atoms with Gasteiger partial charge in [-0.25, -0.2) is 4.39 Å². The summed E-state index contributed by atoms with van der Waals surface area (Å²) >= 11 is 0. The number of methoxy groups -OCH3 is 1. The van der Waals surface area contributed by atoms with Gasteiger partial charge in [-0.15, -0.1) is 0 Å². The topological polar surface area (TPSA) is 38.5 Å². The number of hydrogen-bond donors (Lipinski definition) is 1. The van der Waals surface area contributed by atoms with Crippen LogP contribution in [-0.2, 0) is 4.74 Å². The first-order chi connectivity index (χ1) is 7.19. The lowest BCUT2D eigenvalue weighted by Gasteiger charge is -2.23. The Hall–Kier alpha value is -1.29. The van der Waals surface area contributed by atoms with Gasteiger partial charge in [0.15, 0.2) is 0 Å². The molecule has 2 N–H and O–H groups in total. The molecule has 0 aliphatic carbocycles. The highest BCUT2D eigenvalue weighted by Crippen LogP contribution is 2.21. The summed E-state index contributed by atoms with van der Waals surface area (Å²) in [6.45, 7) is 3.97. The molecule has 0 bridgehead atoms. The second-order valence-electron chi connectivity index (χ2n) is 3.28. The predicted molar refractivity (Wildman–Crippen MR) is 60.6 cm³/mol. The molecular formula is C11H17FN2O. The zero-order chi connectivity index (χ0) is 11.3. The van der Waals surface area contributed by atoms with Crippen molar-refractivity contribution in [1.82, 2.24) is 0 Å². The second kappa shape index (κ2) is 5.56. The van der Waals surface area contributed by atoms with Crippen LogP contribution in [0.5, 0.6) is 0 Å². The Morgan fingerprint density at radius 2 is 2.20 bits per heavy atom. The predicted octanol–water partition coefficient (Wildman–Crippen LogP) is 1.88. The van der Waals surface area contributed by atoms with Crippen molar-refractivity contribution in [2.24, 2.45) is 0 Å². The van der Waals surface area contributed by atoms with Gasteiger partial charge >= 0.3 is 0 Å². The van der Waals surface area contributed by atoms with E-state index in [-0.39, 0.29) is 5.82 Å². The summed E-state index contributed by atoms with van der Waals surface area (Å²) in [4.78, 5) is 1.91. The van der Waals surface area contributed by atoms with Gasteiger partial charge in [-0.2, -0.15) is 0 Å². The van der Waals surface area contributed by atoms with Crippen molar-refractivity contribution >= 4 is 11.4 Å². The van der Waals surface area contributed by atoms with Crippen molar-refractivity contribution in [3.8, 4) is 0 Å². The molecule has 1 aromatic rings. The van der Waals surface area contributed by atoms with Gasteiger partial charge in [0.1, 0.15) is 5.82 Å². The van der Waals surface area contributed by atoms with E-state index in [1.165, 1.54) is 6.07 Å². The number of likely N-dealkylation sites (N-methyl/N-ethyl adjacent to an activating group) is 1. The van der Waals surface area contributed by atoms with Gasteiger partial charge in [0.25, 0.3) is 0 Å². The molecule has 0 aliphatic rings. The minimum Gasteiger partial charge on any atom is -0.399 e. The molecule has 0 saturated carbocycles. The van der Waals surface area contributed by atoms with Gasteiger partial charge in [-0.05, 0) is 25.1 Å². The minimum absolute atomic E-state index is 0.284. The maximum atomic E-state index is 13.6. The smallest absolute Gasteiger partial charge is 0.148 e. The summed E-state index contributed by atoms with van der Waals surface area (Å²) in [7, 11) is 1.63. The van der Waals surface area contributed by atoms with Gasteiger partial charge in [0.05, 0.1) is 12.3 Å². The highest BCUT2D eigenvalue weighted by atomic mass is 19.1. The van der Waals surface area contributed by atoms with Crippen molar-refractivity contribution in [1.29, 1.82) is 0 Å². The fourth-order valence-corrected chi connectivity index (χ4v) is 1.43. The number of ether oxygens (including phenoxy) is 1. The molecule has 1 rings (SSSR count). The number of nitrogens with two attached hydrogens (primary N) is 1. The Morgan fingerprint density at radius 3 is 2.73 bits per heavy atom. The lowest BCUT2D eigenvalue weighted by molar-refractivity contribution is 0.205. The summed E-state index contributed by atoms with van der Waals surface area (Å²) < 4.78 is 18.5. The van der Waals surface area contributed by atoms with E-state index in [0.29, 0.717) is 24.5 Å². The van der Waals surface area contributed by atoms with Crippen LogP contribution in [0.4, 0.5) is 15.8 Å². The summed E-state index contributed by atoms with van der Waals surface area (Å²) in [6, 6.07) is 4.74. The Morgan fingerprint density at radius 1 is 1.47 bits per heavy atom. The van der Waals surface area contributed by atoms with Crippen LogP contribution in [0, 0.1) is 5.82 Å². The summed E-state index contributed by atoms with van der Waals surface area (Å²) in [5.74, 6) is -0.284. The third-order valence-corrected chi connectivity index (χ3v) is 2.26. The largest absolute Gasteiger partial charge is 0.399 e. The van der Waals surface area contributed by atoms with Crippen LogP contribution >= 0.6 is 0 Å². The summed E-state index contributed by atoms with van der Waals surface area (Å²) in [5.41, 5.74) is 6.50. The molecule has 84 valence electrons. The Bertz CT molecular complexity index is 317. The molecule has 0 radical (unpaired) electrons. The van der Waals surface area contributed by atoms with Crippen LogP contribution < -0.4 is 10.6 Å². The molecule has 0 heterocycles. The van der Waals surface area contributed by atoms with Gasteiger partial charge < -0.3 is 15.4 Å². The average molecular weight is 212 g/mol. The zero-order valence-corrected chi connectivity index (χ0v) is 9.16. The monoisotopic (exact) mass is 212 g/mol. The molecular weight excluding hydrogens is 195 g/mol. The minimum atomic E-state index is -0.284. The van der Waals surface area contributed by atoms with Crippen molar-refractivity contribution in [2.75, 3.05) is 37.4 Å². The Kier molecular flexibility index (Phi) is 4.37. The number of nitrogens with zero attached hydrogens (tertiary/aromatic N) is 1. The first-order valence-electron chi connectivity index (χ1n) is 4.98. The van der Waals surface area contributed by atoms with Crippen LogP contribution in [0.1, 0.15) is 6.92 Å². The van der Waals surface area contributed by atoms with Crippen LogP contribution in [0.3, 0.4) is 0 Å². The molecule has 0 spiro atoms. The normalized spacial score (nSPS) is 10.3. The van der Waals surface area contributed by atoms with E-state index in [2.05, 4.69) is 0 Å². The van der Waals surface area contributed by atoms with E-state index in [4.69, 9.17) is 10.5 Å². The molecule has 1 aromatic carbocycles. The van der Waals surface area contributed by atoms with Crippen molar-refractivity contribution < 1.29 is 9.13 Å². The summed E-state index contributed by atoms with van der Waals surface area (Å²) in [5, 5.41) is 0. The number of hydrogen-bond acceptors (Lipinski definition) is 3. The zero-order valence-electron chi connectivity index (χ0n) is 9.16. The van der Waals surface area contributed by atoms with E-state index in [1.54, 1.807) is 19.2 Å². The number of halogens is 1. The molecule has 0 atom stereocenters. The molecule has 3 nitrogen and oxygen atoms in total. The van der Waals surface area contributed by atoms with Gasteiger partial charge in [0.2, 0.25) is 0 Å². The highest BCUT2D eigenvalue weighted by Gasteiger charge is 2.09. The molecule has 4 heteroatoms. The number of nitrogen functional groups attached to an aromatic ring is 1. The Labute approximate surface area is 89.6 Å². The maximum absolute atomic E-state index is 13.6. The molecule has 0 fully saturated rings. The number of rotatable bonds is 5. The van der Waals surface area contributed by atoms with Crippen LogP contribution in [-0.4, -0.2) is 26.8 Å². The molecule has 0 amide bonds. The van der Waals surface area contributed by atoms with E-state index in [9.17, 15) is 4.39 Å². The Balaban J connectivity index is 2.81. The molecule has 15 heavy (non-hydrogen) atoms. The maximum Gasteiger partial charge on any atom is 0.148 e. The van der Waals surface area contributed by atoms with Crippen LogP contribution in [0.2, 0.25) is 0 Å². The van der Waals surface area contributed by atoms with Crippen molar-refractivity contribution in [3.63, 3.8) is 0 Å². The first kappa shape index (κ1) is 11.8. The van der Waals surface area contributed by atoms with Gasteiger partial charge in [0, 0.05) is 25.9 Å². The second-order valence-corrected chi connectivity index (χ2v) is 3.28. The van der Waals surface area contributed by atoms with E-state index < -0.39 is 0 Å². The molecule has 0 aromatic heterocycles. The fourth-order valence-electron chi connectivity index (χ4n) is 1.43. The third-order valence-electron chi connectivity index (χ3n) is 2.26. The number of anilines is 2. The standard InChI is InChI=1S/C11H17FN2O/c1-3-14(6-7-15-2)11-5-4-9(13)8-10(11)12/h4-5,8H,3,6-7,13H2,1-2H3. The molecule has 0 saturated heterocycles. The van der Waals surface area contributed by atoms with Crippen LogP contribution in [0.15, 0.2) is 18.2 Å². The fraction of sp³-hybridized carbons (Fsp3) is 0.455. The van der Waals surface area contributed by atoms with Crippen LogP contribution in [0.25, 0.3) is 0 Å². The summed E-state index contributed by atoms with van der Waals surface area (Å²) in [6.07, 6.45) is 0. The highest BCUT2D eigenvalue weighted by molar-refractivity contribution is 5.54. The van der Waals surface area contributed by atoms with Crippen molar-refractivity contribution in [2.45, 2.75) is 6.92 Å². The third kappa shape index (κ3) is 3.09. The molecule has 0 aliphatic heterocycles. The van der Waals surface area contributed by atoms with E-state index >= 15 is 0 Å². The first-order valence-corrected chi connectivity index (χ1v) is 4.98. The number of benzene rings is 1. The van der Waals surface area contributed by atoms with E-state index in [1.807, 2.05) is 11.8 Å².